The largest absolute Gasteiger partial charge is 0.368 e. The molecule has 0 saturated carbocycles. The standard InChI is InChI=1S/C11H15NOS/c1-4-11(8-12-5-1)10-9(2-6-13-11)3-7-14-10/h3,7,12H,1-2,4-6,8H2. The quantitative estimate of drug-likeness (QED) is 0.704. The Morgan fingerprint density at radius 3 is 3.36 bits per heavy atom. The normalized spacial score (nSPS) is 31.7. The SMILES string of the molecule is c1cc2c(s1)C1(CCCNC1)OCC2. The Balaban J connectivity index is 2.01. The molecule has 2 aliphatic heterocycles. The summed E-state index contributed by atoms with van der Waals surface area (Å²) in [6.07, 6.45) is 3.52. The third kappa shape index (κ3) is 1.23. The van der Waals surface area contributed by atoms with E-state index in [1.54, 1.807) is 0 Å². The summed E-state index contributed by atoms with van der Waals surface area (Å²) in [6.45, 7) is 3.04. The second kappa shape index (κ2) is 3.33. The van der Waals surface area contributed by atoms with Gasteiger partial charge in [0.15, 0.2) is 0 Å². The average Bonchev–Trinajstić information content (AvgIpc) is 2.69. The molecule has 1 spiro atoms. The Morgan fingerprint density at radius 1 is 1.50 bits per heavy atom. The molecular formula is C11H15NOS. The highest BCUT2D eigenvalue weighted by molar-refractivity contribution is 7.10. The topological polar surface area (TPSA) is 21.3 Å². The maximum Gasteiger partial charge on any atom is 0.115 e. The summed E-state index contributed by atoms with van der Waals surface area (Å²) in [4.78, 5) is 1.48. The predicted octanol–water partition coefficient (Wildman–Crippen LogP) is 1.90. The van der Waals surface area contributed by atoms with E-state index in [-0.39, 0.29) is 5.60 Å². The van der Waals surface area contributed by atoms with Crippen molar-refractivity contribution in [3.63, 3.8) is 0 Å². The molecule has 76 valence electrons. The monoisotopic (exact) mass is 209 g/mol. The fraction of sp³-hybridized carbons (Fsp3) is 0.636. The molecule has 0 bridgehead atoms. The lowest BCUT2D eigenvalue weighted by molar-refractivity contribution is -0.0718. The van der Waals surface area contributed by atoms with Gasteiger partial charge in [0, 0.05) is 11.4 Å². The van der Waals surface area contributed by atoms with Gasteiger partial charge in [-0.25, -0.2) is 0 Å². The Labute approximate surface area is 88.3 Å². The summed E-state index contributed by atoms with van der Waals surface area (Å²) in [6, 6.07) is 2.26. The molecule has 1 saturated heterocycles. The zero-order chi connectivity index (χ0) is 9.43. The Bertz CT molecular complexity index is 328. The van der Waals surface area contributed by atoms with Crippen molar-refractivity contribution in [2.75, 3.05) is 19.7 Å². The van der Waals surface area contributed by atoms with Gasteiger partial charge < -0.3 is 10.1 Å². The molecule has 1 fully saturated rings. The van der Waals surface area contributed by atoms with E-state index in [9.17, 15) is 0 Å². The van der Waals surface area contributed by atoms with Gasteiger partial charge in [-0.05, 0) is 42.8 Å². The van der Waals surface area contributed by atoms with Crippen LogP contribution in [-0.2, 0) is 16.8 Å². The molecule has 2 aliphatic rings. The van der Waals surface area contributed by atoms with Gasteiger partial charge in [0.1, 0.15) is 5.60 Å². The fourth-order valence-electron chi connectivity index (χ4n) is 2.55. The van der Waals surface area contributed by atoms with Crippen LogP contribution in [0.2, 0.25) is 0 Å². The molecule has 1 atom stereocenters. The number of hydrogen-bond donors (Lipinski definition) is 1. The van der Waals surface area contributed by atoms with Gasteiger partial charge in [-0.1, -0.05) is 0 Å². The van der Waals surface area contributed by atoms with Crippen molar-refractivity contribution < 1.29 is 4.74 Å². The van der Waals surface area contributed by atoms with Crippen LogP contribution in [0.4, 0.5) is 0 Å². The van der Waals surface area contributed by atoms with Crippen LogP contribution in [-0.4, -0.2) is 19.7 Å². The Hall–Kier alpha value is -0.380. The molecule has 1 aromatic heterocycles. The van der Waals surface area contributed by atoms with Crippen LogP contribution in [0.5, 0.6) is 0 Å². The first kappa shape index (κ1) is 8.89. The van der Waals surface area contributed by atoms with E-state index < -0.39 is 0 Å². The predicted molar refractivity (Wildman–Crippen MR) is 57.8 cm³/mol. The summed E-state index contributed by atoms with van der Waals surface area (Å²) in [5, 5.41) is 5.66. The summed E-state index contributed by atoms with van der Waals surface area (Å²) < 4.78 is 6.04. The van der Waals surface area contributed by atoms with Crippen LogP contribution in [0, 0.1) is 0 Å². The molecule has 3 rings (SSSR count). The number of piperidine rings is 1. The Kier molecular flexibility index (Phi) is 2.11. The smallest absolute Gasteiger partial charge is 0.115 e. The van der Waals surface area contributed by atoms with E-state index in [1.807, 2.05) is 11.3 Å². The minimum atomic E-state index is 0.0278. The molecule has 1 N–H and O–H groups in total. The second-order valence-electron chi connectivity index (χ2n) is 4.15. The van der Waals surface area contributed by atoms with E-state index in [0.29, 0.717) is 0 Å². The number of rotatable bonds is 0. The van der Waals surface area contributed by atoms with Crippen LogP contribution in [0.1, 0.15) is 23.3 Å². The first-order chi connectivity index (χ1) is 6.91. The maximum absolute atomic E-state index is 6.04. The lowest BCUT2D eigenvalue weighted by Gasteiger charge is -2.40. The molecule has 0 aliphatic carbocycles. The van der Waals surface area contributed by atoms with Crippen molar-refractivity contribution in [2.24, 2.45) is 0 Å². The van der Waals surface area contributed by atoms with Gasteiger partial charge in [-0.2, -0.15) is 0 Å². The molecular weight excluding hydrogens is 194 g/mol. The first-order valence-electron chi connectivity index (χ1n) is 5.32. The lowest BCUT2D eigenvalue weighted by atomic mass is 9.87. The van der Waals surface area contributed by atoms with Crippen molar-refractivity contribution in [1.82, 2.24) is 5.32 Å². The number of fused-ring (bicyclic) bond motifs is 2. The average molecular weight is 209 g/mol. The van der Waals surface area contributed by atoms with Crippen LogP contribution in [0.15, 0.2) is 11.4 Å². The molecule has 2 nitrogen and oxygen atoms in total. The van der Waals surface area contributed by atoms with E-state index in [1.165, 1.54) is 23.3 Å². The van der Waals surface area contributed by atoms with Gasteiger partial charge in [0.2, 0.25) is 0 Å². The molecule has 1 aromatic rings. The molecule has 3 heteroatoms. The van der Waals surface area contributed by atoms with Crippen molar-refractivity contribution in [1.29, 1.82) is 0 Å². The summed E-state index contributed by atoms with van der Waals surface area (Å²) in [5.41, 5.74) is 1.55. The van der Waals surface area contributed by atoms with Crippen molar-refractivity contribution >= 4 is 11.3 Å². The zero-order valence-electron chi connectivity index (χ0n) is 8.21. The second-order valence-corrected chi connectivity index (χ2v) is 5.06. The summed E-state index contributed by atoms with van der Waals surface area (Å²) in [7, 11) is 0. The third-order valence-electron chi connectivity index (χ3n) is 3.26. The number of ether oxygens (including phenoxy) is 1. The maximum atomic E-state index is 6.04. The van der Waals surface area contributed by atoms with E-state index in [2.05, 4.69) is 16.8 Å². The summed E-state index contributed by atoms with van der Waals surface area (Å²) in [5.74, 6) is 0. The van der Waals surface area contributed by atoms with E-state index >= 15 is 0 Å². The molecule has 0 radical (unpaired) electrons. The molecule has 0 amide bonds. The van der Waals surface area contributed by atoms with Crippen molar-refractivity contribution in [3.8, 4) is 0 Å². The molecule has 1 unspecified atom stereocenters. The lowest BCUT2D eigenvalue weighted by Crippen LogP contribution is -2.47. The van der Waals surface area contributed by atoms with E-state index in [0.717, 1.165) is 26.1 Å². The molecule has 14 heavy (non-hydrogen) atoms. The number of thiophene rings is 1. The van der Waals surface area contributed by atoms with Crippen LogP contribution in [0.3, 0.4) is 0 Å². The van der Waals surface area contributed by atoms with Crippen LogP contribution < -0.4 is 5.32 Å². The van der Waals surface area contributed by atoms with Gasteiger partial charge in [0.05, 0.1) is 6.61 Å². The van der Waals surface area contributed by atoms with E-state index in [4.69, 9.17) is 4.74 Å². The first-order valence-corrected chi connectivity index (χ1v) is 6.20. The van der Waals surface area contributed by atoms with Gasteiger partial charge in [-0.15, -0.1) is 11.3 Å². The van der Waals surface area contributed by atoms with Crippen LogP contribution in [0.25, 0.3) is 0 Å². The van der Waals surface area contributed by atoms with Gasteiger partial charge in [0.25, 0.3) is 0 Å². The highest BCUT2D eigenvalue weighted by Gasteiger charge is 2.39. The minimum Gasteiger partial charge on any atom is -0.368 e. The highest BCUT2D eigenvalue weighted by Crippen LogP contribution is 2.41. The highest BCUT2D eigenvalue weighted by atomic mass is 32.1. The number of nitrogens with one attached hydrogen (secondary N) is 1. The zero-order valence-corrected chi connectivity index (χ0v) is 9.03. The third-order valence-corrected chi connectivity index (χ3v) is 4.40. The van der Waals surface area contributed by atoms with Crippen LogP contribution >= 0.6 is 11.3 Å². The fourth-order valence-corrected chi connectivity index (χ4v) is 3.69. The Morgan fingerprint density at radius 2 is 2.50 bits per heavy atom. The number of hydrogen-bond acceptors (Lipinski definition) is 3. The van der Waals surface area contributed by atoms with Gasteiger partial charge in [-0.3, -0.25) is 0 Å². The van der Waals surface area contributed by atoms with Gasteiger partial charge >= 0.3 is 0 Å². The summed E-state index contributed by atoms with van der Waals surface area (Å²) >= 11 is 1.87. The minimum absolute atomic E-state index is 0.0278. The van der Waals surface area contributed by atoms with Crippen molar-refractivity contribution in [2.45, 2.75) is 24.9 Å². The molecule has 0 aromatic carbocycles. The van der Waals surface area contributed by atoms with Crippen molar-refractivity contribution in [3.05, 3.63) is 21.9 Å². The molecule has 3 heterocycles.